The van der Waals surface area contributed by atoms with E-state index >= 15 is 0 Å². The van der Waals surface area contributed by atoms with E-state index in [0.29, 0.717) is 5.56 Å². The predicted octanol–water partition coefficient (Wildman–Crippen LogP) is 5.99. The maximum absolute atomic E-state index is 12.5. The van der Waals surface area contributed by atoms with Crippen LogP contribution in [0.3, 0.4) is 0 Å². The van der Waals surface area contributed by atoms with E-state index in [1.165, 1.54) is 32.4 Å². The Morgan fingerprint density at radius 3 is 2.45 bits per heavy atom. The van der Waals surface area contributed by atoms with E-state index in [2.05, 4.69) is 53.0 Å². The molecule has 0 heterocycles. The lowest BCUT2D eigenvalue weighted by Crippen LogP contribution is -2.17. The van der Waals surface area contributed by atoms with Crippen LogP contribution in [0.15, 0.2) is 94.9 Å². The zero-order valence-corrected chi connectivity index (χ0v) is 17.9. The van der Waals surface area contributed by atoms with Crippen molar-refractivity contribution in [2.24, 2.45) is 5.10 Å². The summed E-state index contributed by atoms with van der Waals surface area (Å²) in [5.74, 6) is 0.666. The van der Waals surface area contributed by atoms with Gasteiger partial charge in [-0.3, -0.25) is 4.79 Å². The van der Waals surface area contributed by atoms with Crippen molar-refractivity contribution in [3.8, 4) is 0 Å². The molecule has 4 aromatic rings. The Hall–Kier alpha value is -3.37. The van der Waals surface area contributed by atoms with Gasteiger partial charge in [0.05, 0.1) is 6.21 Å². The Balaban J connectivity index is 1.23. The largest absolute Gasteiger partial charge is 0.271 e. The zero-order chi connectivity index (χ0) is 21.0. The third-order valence-corrected chi connectivity index (χ3v) is 6.73. The SMILES string of the molecule is O=C(N/N=C\c1ccc2c3c(cccc13)CC2)c1ccc(CSc2ccccc2)cc1. The van der Waals surface area contributed by atoms with Crippen molar-refractivity contribution in [3.05, 3.63) is 113 Å². The van der Waals surface area contributed by atoms with Gasteiger partial charge < -0.3 is 0 Å². The Labute approximate surface area is 186 Å². The first-order valence-corrected chi connectivity index (χ1v) is 11.4. The smallest absolute Gasteiger partial charge is 0.267 e. The highest BCUT2D eigenvalue weighted by Crippen LogP contribution is 2.32. The number of benzene rings is 4. The Kier molecular flexibility index (Phi) is 5.55. The number of nitrogens with zero attached hydrogens (tertiary/aromatic N) is 1. The van der Waals surface area contributed by atoms with E-state index in [9.17, 15) is 4.79 Å². The van der Waals surface area contributed by atoms with Crippen LogP contribution in [0.5, 0.6) is 0 Å². The second kappa shape index (κ2) is 8.78. The van der Waals surface area contributed by atoms with Crippen LogP contribution in [0.1, 0.15) is 32.6 Å². The first kappa shape index (κ1) is 19.6. The van der Waals surface area contributed by atoms with Gasteiger partial charge in [-0.1, -0.05) is 60.7 Å². The third-order valence-electron chi connectivity index (χ3n) is 5.65. The molecule has 0 atom stereocenters. The average Bonchev–Trinajstić information content (AvgIpc) is 3.25. The standard InChI is InChI=1S/C27H22N2OS/c30-27(22-11-9-19(10-12-22)18-31-24-6-2-1-3-7-24)29-28-17-23-16-15-21-14-13-20-5-4-8-25(23)26(20)21/h1-12,15-17H,13-14,18H2,(H,29,30)/b28-17-. The fourth-order valence-corrected chi connectivity index (χ4v) is 4.92. The van der Waals surface area contributed by atoms with E-state index in [-0.39, 0.29) is 5.91 Å². The first-order chi connectivity index (χ1) is 15.3. The highest BCUT2D eigenvalue weighted by molar-refractivity contribution is 7.98. The highest BCUT2D eigenvalue weighted by Gasteiger charge is 2.15. The van der Waals surface area contributed by atoms with Crippen molar-refractivity contribution in [2.75, 3.05) is 0 Å². The van der Waals surface area contributed by atoms with E-state index in [4.69, 9.17) is 0 Å². The second-order valence-corrected chi connectivity index (χ2v) is 8.70. The van der Waals surface area contributed by atoms with Gasteiger partial charge >= 0.3 is 0 Å². The van der Waals surface area contributed by atoms with Crippen molar-refractivity contribution in [1.82, 2.24) is 5.43 Å². The molecule has 0 spiro atoms. The molecule has 1 amide bonds. The van der Waals surface area contributed by atoms with Gasteiger partial charge in [0.1, 0.15) is 0 Å². The summed E-state index contributed by atoms with van der Waals surface area (Å²) in [7, 11) is 0. The molecule has 0 radical (unpaired) electrons. The van der Waals surface area contributed by atoms with E-state index < -0.39 is 0 Å². The summed E-state index contributed by atoms with van der Waals surface area (Å²) in [5.41, 5.74) is 8.27. The van der Waals surface area contributed by atoms with Crippen LogP contribution >= 0.6 is 11.8 Å². The maximum Gasteiger partial charge on any atom is 0.271 e. The minimum atomic E-state index is -0.204. The van der Waals surface area contributed by atoms with Crippen LogP contribution in [0.4, 0.5) is 0 Å². The van der Waals surface area contributed by atoms with Crippen molar-refractivity contribution in [1.29, 1.82) is 0 Å². The van der Waals surface area contributed by atoms with Gasteiger partial charge in [0.15, 0.2) is 0 Å². The monoisotopic (exact) mass is 422 g/mol. The summed E-state index contributed by atoms with van der Waals surface area (Å²) in [6.07, 6.45) is 3.94. The van der Waals surface area contributed by atoms with Crippen LogP contribution < -0.4 is 5.43 Å². The minimum absolute atomic E-state index is 0.204. The molecule has 152 valence electrons. The first-order valence-electron chi connectivity index (χ1n) is 10.4. The molecule has 1 N–H and O–H groups in total. The second-order valence-electron chi connectivity index (χ2n) is 7.65. The molecule has 0 saturated heterocycles. The third kappa shape index (κ3) is 4.25. The van der Waals surface area contributed by atoms with Gasteiger partial charge in [0, 0.05) is 21.8 Å². The van der Waals surface area contributed by atoms with Crippen LogP contribution in [0.25, 0.3) is 10.8 Å². The number of hydrogen-bond donors (Lipinski definition) is 1. The van der Waals surface area contributed by atoms with Crippen LogP contribution in [0, 0.1) is 0 Å². The maximum atomic E-state index is 12.5. The Morgan fingerprint density at radius 2 is 1.65 bits per heavy atom. The minimum Gasteiger partial charge on any atom is -0.267 e. The molecule has 0 aromatic heterocycles. The van der Waals surface area contributed by atoms with Gasteiger partial charge in [0.25, 0.3) is 5.91 Å². The summed E-state index contributed by atoms with van der Waals surface area (Å²) in [6.45, 7) is 0. The molecular formula is C27H22N2OS. The van der Waals surface area contributed by atoms with E-state index in [1.54, 1.807) is 18.0 Å². The summed E-state index contributed by atoms with van der Waals surface area (Å²) in [6, 6.07) is 28.7. The van der Waals surface area contributed by atoms with Crippen molar-refractivity contribution >= 4 is 34.7 Å². The lowest BCUT2D eigenvalue weighted by molar-refractivity contribution is 0.0955. The number of carbonyl (C=O) groups excluding carboxylic acids is 1. The summed E-state index contributed by atoms with van der Waals surface area (Å²) >= 11 is 1.78. The molecule has 1 aliphatic rings. The number of carbonyl (C=O) groups is 1. The summed E-state index contributed by atoms with van der Waals surface area (Å²) in [4.78, 5) is 13.7. The number of rotatable bonds is 6. The number of amides is 1. The molecule has 1 aliphatic carbocycles. The van der Waals surface area contributed by atoms with Crippen LogP contribution in [-0.2, 0) is 18.6 Å². The highest BCUT2D eigenvalue weighted by atomic mass is 32.2. The number of nitrogens with one attached hydrogen (secondary N) is 1. The van der Waals surface area contributed by atoms with Gasteiger partial charge in [-0.2, -0.15) is 5.10 Å². The Morgan fingerprint density at radius 1 is 0.871 bits per heavy atom. The number of thioether (sulfide) groups is 1. The molecule has 4 heteroatoms. The summed E-state index contributed by atoms with van der Waals surface area (Å²) < 4.78 is 0. The molecule has 3 nitrogen and oxygen atoms in total. The lowest BCUT2D eigenvalue weighted by Gasteiger charge is -2.06. The van der Waals surface area contributed by atoms with E-state index in [1.807, 2.05) is 42.5 Å². The van der Waals surface area contributed by atoms with Crippen molar-refractivity contribution in [2.45, 2.75) is 23.5 Å². The predicted molar refractivity (Wildman–Crippen MR) is 129 cm³/mol. The topological polar surface area (TPSA) is 41.5 Å². The molecular weight excluding hydrogens is 400 g/mol. The molecule has 5 rings (SSSR count). The fourth-order valence-electron chi connectivity index (χ4n) is 4.04. The van der Waals surface area contributed by atoms with Gasteiger partial charge in [-0.25, -0.2) is 5.43 Å². The fraction of sp³-hybridized carbons (Fsp3) is 0.111. The Bertz CT molecular complexity index is 1250. The molecule has 4 aromatic carbocycles. The molecule has 0 bridgehead atoms. The lowest BCUT2D eigenvalue weighted by atomic mass is 10.0. The molecule has 0 unspecified atom stereocenters. The number of aryl methyl sites for hydroxylation is 2. The molecule has 31 heavy (non-hydrogen) atoms. The van der Waals surface area contributed by atoms with Gasteiger partial charge in [-0.15, -0.1) is 11.8 Å². The van der Waals surface area contributed by atoms with Crippen molar-refractivity contribution in [3.63, 3.8) is 0 Å². The van der Waals surface area contributed by atoms with Crippen LogP contribution in [0.2, 0.25) is 0 Å². The number of hydrogen-bond acceptors (Lipinski definition) is 3. The molecule has 0 aliphatic heterocycles. The van der Waals surface area contributed by atoms with E-state index in [0.717, 1.165) is 24.2 Å². The number of hydrazone groups is 1. The van der Waals surface area contributed by atoms with Gasteiger partial charge in [-0.05, 0) is 64.6 Å². The van der Waals surface area contributed by atoms with Crippen molar-refractivity contribution < 1.29 is 4.79 Å². The normalized spacial score (nSPS) is 12.5. The van der Waals surface area contributed by atoms with Crippen LogP contribution in [-0.4, -0.2) is 12.1 Å². The average molecular weight is 423 g/mol. The molecule has 0 fully saturated rings. The van der Waals surface area contributed by atoms with Gasteiger partial charge in [0.2, 0.25) is 0 Å². The summed E-state index contributed by atoms with van der Waals surface area (Å²) in [5, 5.41) is 6.77. The quantitative estimate of drug-likeness (QED) is 0.235. The zero-order valence-electron chi connectivity index (χ0n) is 17.0. The molecule has 0 saturated carbocycles.